The largest absolute Gasteiger partial charge is 0.456 e. The van der Waals surface area contributed by atoms with Crippen LogP contribution in [0.25, 0.3) is 55.3 Å². The van der Waals surface area contributed by atoms with Crippen LogP contribution in [0.3, 0.4) is 0 Å². The van der Waals surface area contributed by atoms with Gasteiger partial charge in [-0.1, -0.05) is 182 Å². The van der Waals surface area contributed by atoms with Crippen molar-refractivity contribution in [1.29, 1.82) is 0 Å². The zero-order chi connectivity index (χ0) is 45.6. The van der Waals surface area contributed by atoms with Crippen molar-refractivity contribution in [1.82, 2.24) is 0 Å². The molecule has 0 aliphatic heterocycles. The quantitative estimate of drug-likeness (QED) is 0.171. The van der Waals surface area contributed by atoms with Gasteiger partial charge in [0.05, 0.1) is 5.41 Å². The standard InChI is InChI=1S/C65H53NO/c1-62(2,3)41-28-33-60-52(35-41)53-38-51-50-36-44(30-32-55(50)64(6,7)59(51)39-61(53)67-60)66(45-29-31-49-46-22-11-14-25-54(46)63(4,5)58(49)37-45)43-21-17-20-42(34-43)65(40-18-9-8-10-19-40)56-26-15-12-23-47(56)48-24-13-16-27-57(48)65/h8-39H,1-7H3. The van der Waals surface area contributed by atoms with Crippen molar-refractivity contribution in [2.75, 3.05) is 4.90 Å². The Kier molecular flexibility index (Phi) is 8.23. The molecule has 67 heavy (non-hydrogen) atoms. The topological polar surface area (TPSA) is 16.4 Å². The van der Waals surface area contributed by atoms with Crippen molar-refractivity contribution < 1.29 is 4.42 Å². The summed E-state index contributed by atoms with van der Waals surface area (Å²) in [6, 6.07) is 73.4. The molecule has 0 saturated carbocycles. The van der Waals surface area contributed by atoms with Gasteiger partial charge in [0.2, 0.25) is 0 Å². The molecule has 0 saturated heterocycles. The summed E-state index contributed by atoms with van der Waals surface area (Å²) in [5, 5.41) is 2.34. The lowest BCUT2D eigenvalue weighted by molar-refractivity contribution is 0.590. The summed E-state index contributed by atoms with van der Waals surface area (Å²) in [6.45, 7) is 16.3. The third-order valence-electron chi connectivity index (χ3n) is 15.9. The van der Waals surface area contributed by atoms with Crippen molar-refractivity contribution in [3.63, 3.8) is 0 Å². The van der Waals surface area contributed by atoms with E-state index in [1.54, 1.807) is 0 Å². The van der Waals surface area contributed by atoms with E-state index in [2.05, 4.69) is 247 Å². The molecule has 1 aromatic heterocycles. The van der Waals surface area contributed by atoms with E-state index in [0.29, 0.717) is 0 Å². The number of nitrogens with zero attached hydrogens (tertiary/aromatic N) is 1. The summed E-state index contributed by atoms with van der Waals surface area (Å²) in [5.41, 5.74) is 24.0. The van der Waals surface area contributed by atoms with Crippen LogP contribution in [-0.2, 0) is 21.7 Å². The third-order valence-corrected chi connectivity index (χ3v) is 15.9. The predicted molar refractivity (Wildman–Crippen MR) is 280 cm³/mol. The molecule has 3 aliphatic carbocycles. The molecular formula is C65H53NO. The van der Waals surface area contributed by atoms with Crippen molar-refractivity contribution >= 4 is 39.0 Å². The molecule has 13 rings (SSSR count). The van der Waals surface area contributed by atoms with Crippen LogP contribution in [0.2, 0.25) is 0 Å². The number of fused-ring (bicyclic) bond motifs is 12. The van der Waals surface area contributed by atoms with Gasteiger partial charge >= 0.3 is 0 Å². The van der Waals surface area contributed by atoms with Gasteiger partial charge in [0.25, 0.3) is 0 Å². The predicted octanol–water partition coefficient (Wildman–Crippen LogP) is 17.3. The molecule has 0 N–H and O–H groups in total. The Labute approximate surface area is 394 Å². The van der Waals surface area contributed by atoms with E-state index in [4.69, 9.17) is 4.42 Å². The Morgan fingerprint density at radius 2 is 0.881 bits per heavy atom. The summed E-state index contributed by atoms with van der Waals surface area (Å²) in [5.74, 6) is 0. The van der Waals surface area contributed by atoms with Crippen LogP contribution in [0.4, 0.5) is 17.1 Å². The molecule has 10 aromatic rings. The van der Waals surface area contributed by atoms with Gasteiger partial charge in [-0.15, -0.1) is 0 Å². The molecule has 0 unspecified atom stereocenters. The second-order valence-corrected chi connectivity index (χ2v) is 21.3. The van der Waals surface area contributed by atoms with Crippen LogP contribution in [-0.4, -0.2) is 0 Å². The van der Waals surface area contributed by atoms with E-state index in [0.717, 1.165) is 28.2 Å². The van der Waals surface area contributed by atoms with E-state index in [9.17, 15) is 0 Å². The highest BCUT2D eigenvalue weighted by atomic mass is 16.3. The highest BCUT2D eigenvalue weighted by Crippen LogP contribution is 2.58. The average molecular weight is 864 g/mol. The normalized spacial score (nSPS) is 15.4. The average Bonchev–Trinajstić information content (AvgIpc) is 4.00. The third kappa shape index (κ3) is 5.50. The number of benzene rings is 9. The highest BCUT2D eigenvalue weighted by molar-refractivity contribution is 6.08. The van der Waals surface area contributed by atoms with Crippen molar-refractivity contribution in [2.45, 2.75) is 70.1 Å². The zero-order valence-electron chi connectivity index (χ0n) is 39.3. The summed E-state index contributed by atoms with van der Waals surface area (Å²) in [7, 11) is 0. The molecule has 2 nitrogen and oxygen atoms in total. The Morgan fingerprint density at radius 1 is 0.358 bits per heavy atom. The van der Waals surface area contributed by atoms with Gasteiger partial charge in [0, 0.05) is 38.7 Å². The SMILES string of the molecule is CC(C)(C)c1ccc2oc3cc4c(cc3c2c1)-c1cc(N(c2cccc(C3(c5ccccc5)c5ccccc5-c5ccccc53)c2)c2ccc3c(c2)C(C)(C)c2ccccc2-3)ccc1C4(C)C. The number of furan rings is 1. The van der Waals surface area contributed by atoms with Gasteiger partial charge in [-0.05, 0) is 150 Å². The van der Waals surface area contributed by atoms with Gasteiger partial charge in [-0.2, -0.15) is 0 Å². The Morgan fingerprint density at radius 3 is 1.58 bits per heavy atom. The molecule has 0 radical (unpaired) electrons. The lowest BCUT2D eigenvalue weighted by atomic mass is 9.67. The molecule has 0 bridgehead atoms. The van der Waals surface area contributed by atoms with Crippen LogP contribution in [0, 0.1) is 0 Å². The monoisotopic (exact) mass is 863 g/mol. The minimum Gasteiger partial charge on any atom is -0.456 e. The number of hydrogen-bond donors (Lipinski definition) is 0. The van der Waals surface area contributed by atoms with Crippen molar-refractivity contribution in [3.05, 3.63) is 244 Å². The van der Waals surface area contributed by atoms with Crippen molar-refractivity contribution in [3.8, 4) is 33.4 Å². The maximum absolute atomic E-state index is 6.62. The van der Waals surface area contributed by atoms with E-state index < -0.39 is 5.41 Å². The molecule has 0 amide bonds. The molecule has 3 aliphatic rings. The molecular weight excluding hydrogens is 811 g/mol. The van der Waals surface area contributed by atoms with Crippen LogP contribution >= 0.6 is 0 Å². The minimum atomic E-state index is -0.524. The first-order chi connectivity index (χ1) is 32.3. The van der Waals surface area contributed by atoms with Crippen molar-refractivity contribution in [2.24, 2.45) is 0 Å². The molecule has 9 aromatic carbocycles. The maximum Gasteiger partial charge on any atom is 0.135 e. The number of rotatable bonds is 5. The minimum absolute atomic E-state index is 0.0274. The van der Waals surface area contributed by atoms with Crippen LogP contribution in [0.1, 0.15) is 98.5 Å². The first kappa shape index (κ1) is 39.9. The first-order valence-electron chi connectivity index (χ1n) is 23.9. The summed E-state index contributed by atoms with van der Waals surface area (Å²) in [4.78, 5) is 2.51. The fourth-order valence-electron chi connectivity index (χ4n) is 12.5. The zero-order valence-corrected chi connectivity index (χ0v) is 39.3. The Bertz CT molecular complexity index is 3640. The second kappa shape index (κ2) is 13.8. The Hall–Kier alpha value is -7.42. The maximum atomic E-state index is 6.62. The van der Waals surface area contributed by atoms with E-state index in [1.807, 2.05) is 0 Å². The van der Waals surface area contributed by atoms with E-state index >= 15 is 0 Å². The fraction of sp³-hybridized carbons (Fsp3) is 0.169. The number of anilines is 3. The molecule has 0 spiro atoms. The molecule has 324 valence electrons. The molecule has 0 atom stereocenters. The van der Waals surface area contributed by atoms with Crippen LogP contribution < -0.4 is 4.90 Å². The van der Waals surface area contributed by atoms with Gasteiger partial charge < -0.3 is 9.32 Å². The second-order valence-electron chi connectivity index (χ2n) is 21.3. The van der Waals surface area contributed by atoms with Gasteiger partial charge in [-0.25, -0.2) is 0 Å². The van der Waals surface area contributed by atoms with Gasteiger partial charge in [0.15, 0.2) is 0 Å². The summed E-state index contributed by atoms with van der Waals surface area (Å²) < 4.78 is 6.62. The molecule has 1 heterocycles. The molecule has 0 fully saturated rings. The fourth-order valence-corrected chi connectivity index (χ4v) is 12.5. The highest BCUT2D eigenvalue weighted by Gasteiger charge is 2.46. The lowest BCUT2D eigenvalue weighted by Crippen LogP contribution is -2.28. The molecule has 2 heteroatoms. The van der Waals surface area contributed by atoms with E-state index in [1.165, 1.54) is 94.2 Å². The van der Waals surface area contributed by atoms with E-state index in [-0.39, 0.29) is 16.2 Å². The summed E-state index contributed by atoms with van der Waals surface area (Å²) >= 11 is 0. The number of hydrogen-bond acceptors (Lipinski definition) is 2. The van der Waals surface area contributed by atoms with Gasteiger partial charge in [-0.3, -0.25) is 0 Å². The first-order valence-corrected chi connectivity index (χ1v) is 23.9. The lowest BCUT2D eigenvalue weighted by Gasteiger charge is -2.35. The summed E-state index contributed by atoms with van der Waals surface area (Å²) in [6.07, 6.45) is 0. The Balaban J connectivity index is 1.05. The van der Waals surface area contributed by atoms with Crippen LogP contribution in [0.5, 0.6) is 0 Å². The smallest absolute Gasteiger partial charge is 0.135 e. The van der Waals surface area contributed by atoms with Crippen LogP contribution in [0.15, 0.2) is 199 Å². The van der Waals surface area contributed by atoms with Gasteiger partial charge in [0.1, 0.15) is 11.2 Å².